The van der Waals surface area contributed by atoms with E-state index < -0.39 is 0 Å². The molecule has 0 atom stereocenters. The lowest BCUT2D eigenvalue weighted by Crippen LogP contribution is -2.45. The molecule has 136 valence electrons. The maximum absolute atomic E-state index is 5.53. The molecule has 0 N–H and O–H groups in total. The molecule has 2 aromatic carbocycles. The van der Waals surface area contributed by atoms with E-state index in [1.807, 2.05) is 12.1 Å². The van der Waals surface area contributed by atoms with E-state index in [2.05, 4.69) is 46.2 Å². The zero-order chi connectivity index (χ0) is 17.9. The highest BCUT2D eigenvalue weighted by Gasteiger charge is 2.24. The van der Waals surface area contributed by atoms with E-state index in [-0.39, 0.29) is 0 Å². The van der Waals surface area contributed by atoms with Crippen LogP contribution in [0.2, 0.25) is 0 Å². The number of benzene rings is 2. The number of ether oxygens (including phenoxy) is 2. The van der Waals surface area contributed by atoms with Crippen molar-refractivity contribution in [1.29, 1.82) is 0 Å². The number of nitrogens with zero attached hydrogens (tertiary/aromatic N) is 2. The topological polar surface area (TPSA) is 24.9 Å². The average Bonchev–Trinajstić information content (AvgIpc) is 2.73. The van der Waals surface area contributed by atoms with Gasteiger partial charge in [0.15, 0.2) is 0 Å². The third-order valence-electron chi connectivity index (χ3n) is 5.39. The van der Waals surface area contributed by atoms with Gasteiger partial charge in [-0.2, -0.15) is 0 Å². The highest BCUT2D eigenvalue weighted by atomic mass is 16.5. The molecule has 0 amide bonds. The van der Waals surface area contributed by atoms with E-state index >= 15 is 0 Å². The average molecular weight is 350 g/mol. The Morgan fingerprint density at radius 1 is 0.846 bits per heavy atom. The van der Waals surface area contributed by atoms with Crippen LogP contribution in [0.1, 0.15) is 17.5 Å². The zero-order valence-electron chi connectivity index (χ0n) is 15.6. The fraction of sp³-hybridized carbons (Fsp3) is 0.364. The predicted octanol–water partition coefficient (Wildman–Crippen LogP) is 3.81. The Morgan fingerprint density at radius 3 is 2.38 bits per heavy atom. The van der Waals surface area contributed by atoms with Crippen LogP contribution in [0.25, 0.3) is 5.70 Å². The zero-order valence-corrected chi connectivity index (χ0v) is 15.6. The van der Waals surface area contributed by atoms with Crippen LogP contribution in [0.4, 0.5) is 5.69 Å². The summed E-state index contributed by atoms with van der Waals surface area (Å²) >= 11 is 0. The second-order valence-electron chi connectivity index (χ2n) is 6.80. The number of fused-ring (bicyclic) bond motifs is 1. The van der Waals surface area contributed by atoms with Crippen LogP contribution in [0.5, 0.6) is 11.5 Å². The maximum atomic E-state index is 5.53. The van der Waals surface area contributed by atoms with E-state index in [0.29, 0.717) is 0 Å². The number of piperazine rings is 1. The number of hydrogen-bond acceptors (Lipinski definition) is 4. The van der Waals surface area contributed by atoms with Crippen LogP contribution in [-0.2, 0) is 6.42 Å². The molecule has 0 spiro atoms. The minimum Gasteiger partial charge on any atom is -0.497 e. The summed E-state index contributed by atoms with van der Waals surface area (Å²) in [6, 6.07) is 14.8. The summed E-state index contributed by atoms with van der Waals surface area (Å²) in [4.78, 5) is 4.94. The Kier molecular flexibility index (Phi) is 4.74. The second kappa shape index (κ2) is 7.32. The highest BCUT2D eigenvalue weighted by molar-refractivity contribution is 5.70. The normalized spacial score (nSPS) is 16.8. The van der Waals surface area contributed by atoms with Crippen LogP contribution < -0.4 is 14.4 Å². The second-order valence-corrected chi connectivity index (χ2v) is 6.80. The SMILES string of the molecule is COc1ccc2c(c1)C(N1CCN(c3ccccc3OC)CC1)=CCC2. The standard InChI is InChI=1S/C22H26N2O2/c1-25-18-11-10-17-6-5-8-20(19(17)16-18)23-12-14-24(15-13-23)21-7-3-4-9-22(21)26-2/h3-4,7-11,16H,5-6,12-15H2,1-2H3. The first-order valence-electron chi connectivity index (χ1n) is 9.30. The molecule has 1 saturated heterocycles. The molecule has 4 rings (SSSR count). The summed E-state index contributed by atoms with van der Waals surface area (Å²) in [5.74, 6) is 1.89. The van der Waals surface area contributed by atoms with E-state index in [1.165, 1.54) is 22.5 Å². The van der Waals surface area contributed by atoms with Crippen molar-refractivity contribution >= 4 is 11.4 Å². The molecule has 4 nitrogen and oxygen atoms in total. The lowest BCUT2D eigenvalue weighted by Gasteiger charge is -2.40. The minimum atomic E-state index is 0.934. The van der Waals surface area contributed by atoms with Gasteiger partial charge in [0.25, 0.3) is 0 Å². The summed E-state index contributed by atoms with van der Waals surface area (Å²) in [6.45, 7) is 4.02. The number of hydrogen-bond donors (Lipinski definition) is 0. The third-order valence-corrected chi connectivity index (χ3v) is 5.39. The predicted molar refractivity (Wildman–Crippen MR) is 106 cm³/mol. The van der Waals surface area contributed by atoms with E-state index in [4.69, 9.17) is 9.47 Å². The van der Waals surface area contributed by atoms with Crippen LogP contribution in [-0.4, -0.2) is 45.3 Å². The van der Waals surface area contributed by atoms with E-state index in [1.54, 1.807) is 14.2 Å². The van der Waals surface area contributed by atoms with Gasteiger partial charge < -0.3 is 19.3 Å². The Balaban J connectivity index is 1.51. The van der Waals surface area contributed by atoms with Gasteiger partial charge in [-0.15, -0.1) is 0 Å². The van der Waals surface area contributed by atoms with Crippen molar-refractivity contribution in [2.24, 2.45) is 0 Å². The molecule has 1 aliphatic carbocycles. The molecule has 0 unspecified atom stereocenters. The summed E-state index contributed by atoms with van der Waals surface area (Å²) in [5, 5.41) is 0. The van der Waals surface area contributed by atoms with E-state index in [9.17, 15) is 0 Å². The fourth-order valence-electron chi connectivity index (χ4n) is 3.99. The summed E-state index contributed by atoms with van der Waals surface area (Å²) < 4.78 is 11.0. The van der Waals surface area contributed by atoms with Crippen molar-refractivity contribution < 1.29 is 9.47 Å². The largest absolute Gasteiger partial charge is 0.497 e. The molecule has 1 heterocycles. The number of para-hydroxylation sites is 2. The van der Waals surface area contributed by atoms with Gasteiger partial charge in [-0.05, 0) is 42.7 Å². The first-order valence-corrected chi connectivity index (χ1v) is 9.30. The molecule has 2 aromatic rings. The molecular weight excluding hydrogens is 324 g/mol. The minimum absolute atomic E-state index is 0.934. The Bertz CT molecular complexity index is 808. The van der Waals surface area contributed by atoms with Gasteiger partial charge in [0.1, 0.15) is 11.5 Å². The third kappa shape index (κ3) is 3.12. The van der Waals surface area contributed by atoms with Crippen molar-refractivity contribution in [2.45, 2.75) is 12.8 Å². The lowest BCUT2D eigenvalue weighted by molar-refractivity contribution is 0.360. The summed E-state index contributed by atoms with van der Waals surface area (Å²) in [6.07, 6.45) is 4.62. The van der Waals surface area contributed by atoms with Gasteiger partial charge in [0, 0.05) is 37.4 Å². The Hall–Kier alpha value is -2.62. The van der Waals surface area contributed by atoms with Crippen molar-refractivity contribution in [3.8, 4) is 11.5 Å². The molecule has 4 heteroatoms. The van der Waals surface area contributed by atoms with Crippen molar-refractivity contribution in [3.63, 3.8) is 0 Å². The summed E-state index contributed by atoms with van der Waals surface area (Å²) in [5.41, 5.74) is 5.32. The van der Waals surface area contributed by atoms with Crippen LogP contribution in [0, 0.1) is 0 Å². The molecule has 0 aromatic heterocycles. The Morgan fingerprint density at radius 2 is 1.62 bits per heavy atom. The van der Waals surface area contributed by atoms with Crippen LogP contribution in [0.3, 0.4) is 0 Å². The maximum Gasteiger partial charge on any atom is 0.142 e. The van der Waals surface area contributed by atoms with Crippen molar-refractivity contribution in [1.82, 2.24) is 4.90 Å². The number of methoxy groups -OCH3 is 2. The molecule has 0 radical (unpaired) electrons. The van der Waals surface area contributed by atoms with E-state index in [0.717, 1.165) is 50.5 Å². The monoisotopic (exact) mass is 350 g/mol. The first kappa shape index (κ1) is 16.8. The summed E-state index contributed by atoms with van der Waals surface area (Å²) in [7, 11) is 3.48. The van der Waals surface area contributed by atoms with Gasteiger partial charge in [-0.1, -0.05) is 24.3 Å². The smallest absolute Gasteiger partial charge is 0.142 e. The number of rotatable bonds is 4. The quantitative estimate of drug-likeness (QED) is 0.837. The number of anilines is 1. The first-order chi connectivity index (χ1) is 12.8. The highest BCUT2D eigenvalue weighted by Crippen LogP contribution is 2.34. The fourth-order valence-corrected chi connectivity index (χ4v) is 3.99. The van der Waals surface area contributed by atoms with Crippen LogP contribution in [0.15, 0.2) is 48.5 Å². The van der Waals surface area contributed by atoms with Gasteiger partial charge in [-0.25, -0.2) is 0 Å². The molecule has 1 fully saturated rings. The van der Waals surface area contributed by atoms with Gasteiger partial charge in [-0.3, -0.25) is 0 Å². The molecule has 0 saturated carbocycles. The van der Waals surface area contributed by atoms with Gasteiger partial charge in [0.05, 0.1) is 19.9 Å². The number of aryl methyl sites for hydroxylation is 1. The molecule has 2 aliphatic rings. The molecular formula is C22H26N2O2. The van der Waals surface area contributed by atoms with Crippen molar-refractivity contribution in [3.05, 3.63) is 59.7 Å². The number of allylic oxidation sites excluding steroid dienone is 1. The van der Waals surface area contributed by atoms with Crippen molar-refractivity contribution in [2.75, 3.05) is 45.3 Å². The lowest BCUT2D eigenvalue weighted by atomic mass is 9.93. The molecule has 1 aliphatic heterocycles. The Labute approximate surface area is 155 Å². The van der Waals surface area contributed by atoms with Gasteiger partial charge >= 0.3 is 0 Å². The van der Waals surface area contributed by atoms with Gasteiger partial charge in [0.2, 0.25) is 0 Å². The molecule has 0 bridgehead atoms. The molecule has 26 heavy (non-hydrogen) atoms. The van der Waals surface area contributed by atoms with Crippen LogP contribution >= 0.6 is 0 Å².